The molecule has 5 rings (SSSR count). The van der Waals surface area contributed by atoms with Crippen LogP contribution in [0.2, 0.25) is 0 Å². The molecule has 0 heterocycles. The molecule has 0 atom stereocenters. The fraction of sp³-hybridized carbons (Fsp3) is 0.0385. The van der Waals surface area contributed by atoms with Crippen molar-refractivity contribution >= 4 is 11.4 Å². The standard InChI is InChI=1S/C26H18O/c27-24-17-9-8-16-23(24)26-21-14-6-4-12-19(21)25(18-10-2-1-3-11-18)20-13-5-7-15-22(20)26/h1-17,25H. The molecule has 1 heteroatoms. The second-order valence-electron chi connectivity index (χ2n) is 6.89. The second-order valence-corrected chi connectivity index (χ2v) is 6.89. The van der Waals surface area contributed by atoms with E-state index in [1.165, 1.54) is 16.7 Å². The van der Waals surface area contributed by atoms with E-state index in [1.54, 1.807) is 12.2 Å². The molecule has 3 aromatic carbocycles. The number of carbonyl (C=O) groups is 1. The highest BCUT2D eigenvalue weighted by molar-refractivity contribution is 6.15. The van der Waals surface area contributed by atoms with Gasteiger partial charge in [0.25, 0.3) is 0 Å². The maximum atomic E-state index is 12.7. The quantitative estimate of drug-likeness (QED) is 0.405. The van der Waals surface area contributed by atoms with E-state index in [2.05, 4.69) is 78.9 Å². The van der Waals surface area contributed by atoms with Crippen molar-refractivity contribution < 1.29 is 4.79 Å². The molecule has 0 amide bonds. The van der Waals surface area contributed by atoms with Crippen LogP contribution in [-0.4, -0.2) is 5.78 Å². The Morgan fingerprint density at radius 1 is 0.593 bits per heavy atom. The van der Waals surface area contributed by atoms with Crippen molar-refractivity contribution in [2.24, 2.45) is 0 Å². The van der Waals surface area contributed by atoms with E-state index in [-0.39, 0.29) is 11.7 Å². The van der Waals surface area contributed by atoms with Gasteiger partial charge in [0.15, 0.2) is 5.78 Å². The molecular formula is C26H18O. The van der Waals surface area contributed by atoms with Crippen LogP contribution in [0.5, 0.6) is 0 Å². The van der Waals surface area contributed by atoms with Gasteiger partial charge in [0.1, 0.15) is 0 Å². The molecule has 1 nitrogen and oxygen atoms in total. The summed E-state index contributed by atoms with van der Waals surface area (Å²) in [6.07, 6.45) is 7.34. The number of hydrogen-bond donors (Lipinski definition) is 0. The van der Waals surface area contributed by atoms with Gasteiger partial charge in [-0.05, 0) is 33.9 Å². The van der Waals surface area contributed by atoms with Crippen LogP contribution in [0, 0.1) is 0 Å². The minimum absolute atomic E-state index is 0.0651. The molecule has 3 aromatic rings. The highest BCUT2D eigenvalue weighted by atomic mass is 16.1. The Labute approximate surface area is 159 Å². The van der Waals surface area contributed by atoms with Crippen LogP contribution >= 0.6 is 0 Å². The van der Waals surface area contributed by atoms with Crippen LogP contribution < -0.4 is 0 Å². The maximum absolute atomic E-state index is 12.7. The largest absolute Gasteiger partial charge is 0.289 e. The summed E-state index contributed by atoms with van der Waals surface area (Å²) in [5.74, 6) is 0.233. The Kier molecular flexibility index (Phi) is 3.72. The van der Waals surface area contributed by atoms with Gasteiger partial charge in [-0.1, -0.05) is 97.1 Å². The lowest BCUT2D eigenvalue weighted by Gasteiger charge is -2.32. The summed E-state index contributed by atoms with van der Waals surface area (Å²) in [7, 11) is 0. The van der Waals surface area contributed by atoms with E-state index in [1.807, 2.05) is 12.2 Å². The van der Waals surface area contributed by atoms with Crippen LogP contribution in [0.3, 0.4) is 0 Å². The number of allylic oxidation sites excluding steroid dienone is 5. The van der Waals surface area contributed by atoms with Gasteiger partial charge in [-0.25, -0.2) is 0 Å². The fourth-order valence-electron chi connectivity index (χ4n) is 4.23. The topological polar surface area (TPSA) is 17.1 Å². The van der Waals surface area contributed by atoms with Gasteiger partial charge >= 0.3 is 0 Å². The summed E-state index contributed by atoms with van der Waals surface area (Å²) in [5, 5.41) is 0. The molecular weight excluding hydrogens is 328 g/mol. The van der Waals surface area contributed by atoms with E-state index in [9.17, 15) is 4.79 Å². The summed E-state index contributed by atoms with van der Waals surface area (Å²) in [6, 6.07) is 27.6. The minimum atomic E-state index is 0.0651. The van der Waals surface area contributed by atoms with E-state index in [0.717, 1.165) is 22.3 Å². The molecule has 0 N–H and O–H groups in total. The molecule has 2 aliphatic rings. The zero-order valence-electron chi connectivity index (χ0n) is 14.8. The molecule has 0 unspecified atom stereocenters. The third-order valence-electron chi connectivity index (χ3n) is 5.37. The van der Waals surface area contributed by atoms with Crippen LogP contribution in [0.1, 0.15) is 33.7 Å². The summed E-state index contributed by atoms with van der Waals surface area (Å²) < 4.78 is 0. The van der Waals surface area contributed by atoms with Crippen LogP contribution in [0.4, 0.5) is 0 Å². The van der Waals surface area contributed by atoms with E-state index in [4.69, 9.17) is 0 Å². The molecule has 0 saturated heterocycles. The lowest BCUT2D eigenvalue weighted by molar-refractivity contribution is -0.111. The van der Waals surface area contributed by atoms with Crippen molar-refractivity contribution in [3.8, 4) is 0 Å². The highest BCUT2D eigenvalue weighted by Gasteiger charge is 2.31. The molecule has 0 aromatic heterocycles. The van der Waals surface area contributed by atoms with Crippen molar-refractivity contribution in [2.75, 3.05) is 0 Å². The van der Waals surface area contributed by atoms with Crippen LogP contribution in [-0.2, 0) is 4.79 Å². The summed E-state index contributed by atoms with van der Waals surface area (Å²) in [6.45, 7) is 0. The Morgan fingerprint density at radius 3 is 1.78 bits per heavy atom. The number of benzene rings is 3. The SMILES string of the molecule is O=C1C=CC=CC1=C1c2ccccc2C(c2ccccc2)c2ccccc21. The van der Waals surface area contributed by atoms with E-state index >= 15 is 0 Å². The van der Waals surface area contributed by atoms with Gasteiger partial charge in [-0.15, -0.1) is 0 Å². The molecule has 0 saturated carbocycles. The summed E-state index contributed by atoms with van der Waals surface area (Å²) in [5.41, 5.74) is 7.87. The van der Waals surface area contributed by atoms with Crippen LogP contribution in [0.15, 0.2) is 109 Å². The second kappa shape index (κ2) is 6.37. The van der Waals surface area contributed by atoms with Gasteiger partial charge in [0, 0.05) is 17.1 Å². The number of ketones is 1. The molecule has 0 fully saturated rings. The normalized spacial score (nSPS) is 17.6. The Balaban J connectivity index is 1.86. The van der Waals surface area contributed by atoms with E-state index < -0.39 is 0 Å². The highest BCUT2D eigenvalue weighted by Crippen LogP contribution is 2.47. The first kappa shape index (κ1) is 15.8. The smallest absolute Gasteiger partial charge is 0.186 e. The Morgan fingerprint density at radius 2 is 1.15 bits per heavy atom. The zero-order valence-corrected chi connectivity index (χ0v) is 14.8. The maximum Gasteiger partial charge on any atom is 0.186 e. The molecule has 0 radical (unpaired) electrons. The molecule has 27 heavy (non-hydrogen) atoms. The monoisotopic (exact) mass is 346 g/mol. The van der Waals surface area contributed by atoms with E-state index in [0.29, 0.717) is 0 Å². The Hall–Kier alpha value is -3.45. The molecule has 2 aliphatic carbocycles. The Bertz CT molecular complexity index is 1080. The first-order valence-electron chi connectivity index (χ1n) is 9.21. The number of hydrogen-bond acceptors (Lipinski definition) is 1. The van der Waals surface area contributed by atoms with Crippen molar-refractivity contribution in [2.45, 2.75) is 5.92 Å². The third kappa shape index (κ3) is 2.51. The van der Waals surface area contributed by atoms with Gasteiger partial charge in [-0.3, -0.25) is 4.79 Å². The predicted octanol–water partition coefficient (Wildman–Crippen LogP) is 5.68. The first-order chi connectivity index (χ1) is 13.3. The van der Waals surface area contributed by atoms with Crippen molar-refractivity contribution in [3.05, 3.63) is 137 Å². The average molecular weight is 346 g/mol. The van der Waals surface area contributed by atoms with Crippen molar-refractivity contribution in [1.82, 2.24) is 0 Å². The molecule has 128 valence electrons. The third-order valence-corrected chi connectivity index (χ3v) is 5.37. The van der Waals surface area contributed by atoms with Crippen molar-refractivity contribution in [3.63, 3.8) is 0 Å². The van der Waals surface area contributed by atoms with Gasteiger partial charge in [0.05, 0.1) is 0 Å². The summed E-state index contributed by atoms with van der Waals surface area (Å²) >= 11 is 0. The zero-order chi connectivity index (χ0) is 18.2. The lowest BCUT2D eigenvalue weighted by atomic mass is 9.71. The number of fused-ring (bicyclic) bond motifs is 2. The lowest BCUT2D eigenvalue weighted by Crippen LogP contribution is -2.17. The number of rotatable bonds is 1. The minimum Gasteiger partial charge on any atom is -0.289 e. The molecule has 0 aliphatic heterocycles. The summed E-state index contributed by atoms with van der Waals surface area (Å²) in [4.78, 5) is 12.7. The van der Waals surface area contributed by atoms with Gasteiger partial charge in [0.2, 0.25) is 0 Å². The number of carbonyl (C=O) groups excluding carboxylic acids is 1. The van der Waals surface area contributed by atoms with Gasteiger partial charge in [-0.2, -0.15) is 0 Å². The van der Waals surface area contributed by atoms with Crippen LogP contribution in [0.25, 0.3) is 5.57 Å². The predicted molar refractivity (Wildman–Crippen MR) is 110 cm³/mol. The van der Waals surface area contributed by atoms with Gasteiger partial charge < -0.3 is 0 Å². The molecule has 0 bridgehead atoms. The average Bonchev–Trinajstić information content (AvgIpc) is 2.73. The first-order valence-corrected chi connectivity index (χ1v) is 9.21. The fourth-order valence-corrected chi connectivity index (χ4v) is 4.23. The van der Waals surface area contributed by atoms with Crippen molar-refractivity contribution in [1.29, 1.82) is 0 Å². The molecule has 0 spiro atoms.